The topological polar surface area (TPSA) is 76.7 Å². The molecule has 0 radical (unpaired) electrons. The average Bonchev–Trinajstić information content (AvgIpc) is 2.54. The van der Waals surface area contributed by atoms with Gasteiger partial charge in [-0.05, 0) is 58.4 Å². The highest BCUT2D eigenvalue weighted by atomic mass is 79.9. The second kappa shape index (κ2) is 8.30. The predicted octanol–water partition coefficient (Wildman–Crippen LogP) is 3.32. The quantitative estimate of drug-likeness (QED) is 0.812. The molecular formula is C16H14BrFN2O4. The number of halogens is 2. The summed E-state index contributed by atoms with van der Waals surface area (Å²) < 4.78 is 23.5. The Morgan fingerprint density at radius 3 is 2.50 bits per heavy atom. The van der Waals surface area contributed by atoms with Crippen LogP contribution in [0, 0.1) is 5.82 Å². The molecule has 8 heteroatoms. The molecule has 0 saturated carbocycles. The summed E-state index contributed by atoms with van der Waals surface area (Å²) in [5, 5.41) is 4.62. The lowest BCUT2D eigenvalue weighted by atomic mass is 10.3. The summed E-state index contributed by atoms with van der Waals surface area (Å²) in [5.41, 5.74) is 0.503. The van der Waals surface area contributed by atoms with E-state index >= 15 is 0 Å². The van der Waals surface area contributed by atoms with Crippen molar-refractivity contribution >= 4 is 33.6 Å². The molecule has 2 rings (SSSR count). The Morgan fingerprint density at radius 1 is 1.17 bits per heavy atom. The fourth-order valence-electron chi connectivity index (χ4n) is 1.73. The number of hydrogen-bond acceptors (Lipinski definition) is 4. The Morgan fingerprint density at radius 2 is 1.88 bits per heavy atom. The van der Waals surface area contributed by atoms with Crippen molar-refractivity contribution in [2.45, 2.75) is 0 Å². The van der Waals surface area contributed by atoms with Crippen molar-refractivity contribution in [3.63, 3.8) is 0 Å². The van der Waals surface area contributed by atoms with Crippen LogP contribution in [-0.2, 0) is 4.79 Å². The Bertz CT molecular complexity index is 737. The van der Waals surface area contributed by atoms with Crippen LogP contribution in [0.1, 0.15) is 0 Å². The number of methoxy groups -OCH3 is 1. The Balaban J connectivity index is 1.81. The van der Waals surface area contributed by atoms with E-state index in [4.69, 9.17) is 9.47 Å². The third-order valence-corrected chi connectivity index (χ3v) is 3.47. The lowest BCUT2D eigenvalue weighted by Gasteiger charge is -2.09. The molecule has 2 aromatic rings. The van der Waals surface area contributed by atoms with Gasteiger partial charge < -0.3 is 14.8 Å². The van der Waals surface area contributed by atoms with Gasteiger partial charge in [0.2, 0.25) is 0 Å². The van der Waals surface area contributed by atoms with Gasteiger partial charge in [0.15, 0.2) is 6.61 Å². The zero-order valence-electron chi connectivity index (χ0n) is 12.6. The number of amides is 3. The standard InChI is InChI=1S/C16H14BrFN2O4/c1-23-12-5-3-11(4-6-12)19-16(22)20-15(21)9-24-14-7-2-10(18)8-13(14)17/h2-8H,9H2,1H3,(H2,19,20,21,22). The molecule has 0 heterocycles. The minimum absolute atomic E-state index is 0.294. The zero-order valence-corrected chi connectivity index (χ0v) is 14.2. The van der Waals surface area contributed by atoms with Crippen molar-refractivity contribution in [3.05, 3.63) is 52.8 Å². The van der Waals surface area contributed by atoms with Crippen molar-refractivity contribution in [1.82, 2.24) is 5.32 Å². The number of anilines is 1. The van der Waals surface area contributed by atoms with Gasteiger partial charge in [0.1, 0.15) is 17.3 Å². The van der Waals surface area contributed by atoms with E-state index in [-0.39, 0.29) is 6.61 Å². The van der Waals surface area contributed by atoms with Crippen LogP contribution in [0.25, 0.3) is 0 Å². The van der Waals surface area contributed by atoms with Gasteiger partial charge >= 0.3 is 6.03 Å². The molecule has 0 aliphatic rings. The molecule has 0 aromatic heterocycles. The van der Waals surface area contributed by atoms with Crippen LogP contribution in [0.15, 0.2) is 46.9 Å². The molecule has 0 spiro atoms. The fourth-order valence-corrected chi connectivity index (χ4v) is 2.20. The fraction of sp³-hybridized carbons (Fsp3) is 0.125. The molecule has 3 amide bonds. The maximum absolute atomic E-state index is 12.9. The van der Waals surface area contributed by atoms with Gasteiger partial charge in [-0.2, -0.15) is 0 Å². The molecular weight excluding hydrogens is 383 g/mol. The minimum Gasteiger partial charge on any atom is -0.497 e. The SMILES string of the molecule is COc1ccc(NC(=O)NC(=O)COc2ccc(F)cc2Br)cc1. The Hall–Kier alpha value is -2.61. The third kappa shape index (κ3) is 5.24. The van der Waals surface area contributed by atoms with Crippen LogP contribution in [-0.4, -0.2) is 25.7 Å². The predicted molar refractivity (Wildman–Crippen MR) is 89.8 cm³/mol. The first kappa shape index (κ1) is 17.7. The van der Waals surface area contributed by atoms with Crippen LogP contribution >= 0.6 is 15.9 Å². The molecule has 126 valence electrons. The second-order valence-electron chi connectivity index (χ2n) is 4.59. The molecule has 0 fully saturated rings. The van der Waals surface area contributed by atoms with Crippen molar-refractivity contribution in [2.75, 3.05) is 19.0 Å². The van der Waals surface area contributed by atoms with Crippen molar-refractivity contribution in [3.8, 4) is 11.5 Å². The average molecular weight is 397 g/mol. The largest absolute Gasteiger partial charge is 0.497 e. The van der Waals surface area contributed by atoms with Crippen LogP contribution < -0.4 is 20.1 Å². The molecule has 0 aliphatic carbocycles. The van der Waals surface area contributed by atoms with E-state index in [1.54, 1.807) is 24.3 Å². The van der Waals surface area contributed by atoms with E-state index < -0.39 is 17.8 Å². The number of imide groups is 1. The first-order valence-corrected chi connectivity index (χ1v) is 7.60. The van der Waals surface area contributed by atoms with Crippen molar-refractivity contribution in [2.24, 2.45) is 0 Å². The highest BCUT2D eigenvalue weighted by molar-refractivity contribution is 9.10. The number of carbonyl (C=O) groups excluding carboxylic acids is 2. The summed E-state index contributed by atoms with van der Waals surface area (Å²) in [7, 11) is 1.54. The normalized spacial score (nSPS) is 9.96. The van der Waals surface area contributed by atoms with Gasteiger partial charge in [-0.25, -0.2) is 9.18 Å². The summed E-state index contributed by atoms with van der Waals surface area (Å²) in [4.78, 5) is 23.4. The van der Waals surface area contributed by atoms with Crippen LogP contribution in [0.5, 0.6) is 11.5 Å². The Labute approximate surface area is 146 Å². The second-order valence-corrected chi connectivity index (χ2v) is 5.45. The summed E-state index contributed by atoms with van der Waals surface area (Å²) in [6, 6.07) is 9.72. The number of rotatable bonds is 5. The maximum Gasteiger partial charge on any atom is 0.325 e. The Kier molecular flexibility index (Phi) is 6.14. The summed E-state index contributed by atoms with van der Waals surface area (Å²) in [6.07, 6.45) is 0. The van der Waals surface area contributed by atoms with Crippen LogP contribution in [0.4, 0.5) is 14.9 Å². The van der Waals surface area contributed by atoms with E-state index in [2.05, 4.69) is 26.6 Å². The summed E-state index contributed by atoms with van der Waals surface area (Å²) in [6.45, 7) is -0.389. The minimum atomic E-state index is -0.688. The van der Waals surface area contributed by atoms with E-state index in [0.717, 1.165) is 0 Å². The third-order valence-electron chi connectivity index (χ3n) is 2.85. The molecule has 24 heavy (non-hydrogen) atoms. The summed E-state index contributed by atoms with van der Waals surface area (Å²) in [5.74, 6) is -0.132. The molecule has 0 unspecified atom stereocenters. The van der Waals surface area contributed by atoms with Crippen LogP contribution in [0.3, 0.4) is 0 Å². The van der Waals surface area contributed by atoms with Gasteiger partial charge in [0, 0.05) is 5.69 Å². The zero-order chi connectivity index (χ0) is 17.5. The number of ether oxygens (including phenoxy) is 2. The van der Waals surface area contributed by atoms with E-state index in [1.165, 1.54) is 25.3 Å². The molecule has 0 saturated heterocycles. The molecule has 0 bridgehead atoms. The van der Waals surface area contributed by atoms with Gasteiger partial charge in [-0.3, -0.25) is 10.1 Å². The first-order chi connectivity index (χ1) is 11.5. The molecule has 0 atom stereocenters. The molecule has 2 aromatic carbocycles. The lowest BCUT2D eigenvalue weighted by molar-refractivity contribution is -0.121. The van der Waals surface area contributed by atoms with E-state index in [0.29, 0.717) is 21.7 Å². The highest BCUT2D eigenvalue weighted by Gasteiger charge is 2.10. The number of hydrogen-bond donors (Lipinski definition) is 2. The van der Waals surface area contributed by atoms with Crippen molar-refractivity contribution in [1.29, 1.82) is 0 Å². The van der Waals surface area contributed by atoms with Crippen LogP contribution in [0.2, 0.25) is 0 Å². The highest BCUT2D eigenvalue weighted by Crippen LogP contribution is 2.25. The van der Waals surface area contributed by atoms with Gasteiger partial charge in [-0.15, -0.1) is 0 Å². The van der Waals surface area contributed by atoms with E-state index in [9.17, 15) is 14.0 Å². The number of urea groups is 1. The molecule has 0 aliphatic heterocycles. The van der Waals surface area contributed by atoms with Crippen molar-refractivity contribution < 1.29 is 23.5 Å². The first-order valence-electron chi connectivity index (χ1n) is 6.80. The van der Waals surface area contributed by atoms with E-state index in [1.807, 2.05) is 0 Å². The lowest BCUT2D eigenvalue weighted by Crippen LogP contribution is -2.37. The number of nitrogens with one attached hydrogen (secondary N) is 2. The number of carbonyl (C=O) groups is 2. The van der Waals surface area contributed by atoms with Gasteiger partial charge in [0.05, 0.1) is 11.6 Å². The maximum atomic E-state index is 12.9. The van der Waals surface area contributed by atoms with Gasteiger partial charge in [-0.1, -0.05) is 0 Å². The summed E-state index contributed by atoms with van der Waals surface area (Å²) >= 11 is 3.12. The monoisotopic (exact) mass is 396 g/mol. The molecule has 6 nitrogen and oxygen atoms in total. The smallest absolute Gasteiger partial charge is 0.325 e. The van der Waals surface area contributed by atoms with Gasteiger partial charge in [0.25, 0.3) is 5.91 Å². The molecule has 2 N–H and O–H groups in total. The number of benzene rings is 2.